The lowest BCUT2D eigenvalue weighted by Gasteiger charge is -2.08. The standard InChI is InChI=1S/C16H14N2O3/c1-20-14-4-2-3-5-15(14)21-10-16-17-12-7-6-11(9-19)8-13(12)18-16/h2-9H,10H2,1H3,(H,17,18). The van der Waals surface area contributed by atoms with Crippen molar-refractivity contribution in [1.82, 2.24) is 9.97 Å². The van der Waals surface area contributed by atoms with Gasteiger partial charge >= 0.3 is 0 Å². The van der Waals surface area contributed by atoms with Gasteiger partial charge in [0.05, 0.1) is 18.1 Å². The molecule has 1 aromatic heterocycles. The van der Waals surface area contributed by atoms with Gasteiger partial charge in [-0.3, -0.25) is 4.79 Å². The van der Waals surface area contributed by atoms with Crippen LogP contribution in [0, 0.1) is 0 Å². The molecule has 0 aliphatic rings. The minimum Gasteiger partial charge on any atom is -0.493 e. The summed E-state index contributed by atoms with van der Waals surface area (Å²) in [7, 11) is 1.60. The Kier molecular flexibility index (Phi) is 3.55. The van der Waals surface area contributed by atoms with E-state index in [1.807, 2.05) is 30.3 Å². The predicted molar refractivity (Wildman–Crippen MR) is 78.8 cm³/mol. The number of carbonyl (C=O) groups excluding carboxylic acids is 1. The number of nitrogens with one attached hydrogen (secondary N) is 1. The number of aromatic nitrogens is 2. The highest BCUT2D eigenvalue weighted by molar-refractivity contribution is 5.84. The second-order valence-corrected chi connectivity index (χ2v) is 4.52. The molecule has 0 aliphatic heterocycles. The van der Waals surface area contributed by atoms with Gasteiger partial charge in [-0.25, -0.2) is 4.98 Å². The van der Waals surface area contributed by atoms with Crippen LogP contribution in [0.1, 0.15) is 16.2 Å². The molecule has 0 unspecified atom stereocenters. The number of ether oxygens (including phenoxy) is 2. The van der Waals surface area contributed by atoms with E-state index in [0.717, 1.165) is 17.3 Å². The molecule has 0 radical (unpaired) electrons. The Labute approximate surface area is 121 Å². The van der Waals surface area contributed by atoms with E-state index in [9.17, 15) is 4.79 Å². The number of para-hydroxylation sites is 2. The number of hydrogen-bond acceptors (Lipinski definition) is 4. The molecule has 0 spiro atoms. The molecule has 3 aromatic rings. The molecule has 0 aliphatic carbocycles. The molecule has 106 valence electrons. The number of benzene rings is 2. The summed E-state index contributed by atoms with van der Waals surface area (Å²) < 4.78 is 10.9. The molecular weight excluding hydrogens is 268 g/mol. The van der Waals surface area contributed by atoms with Crippen molar-refractivity contribution < 1.29 is 14.3 Å². The van der Waals surface area contributed by atoms with Crippen LogP contribution in [0.2, 0.25) is 0 Å². The maximum Gasteiger partial charge on any atom is 0.161 e. The number of aldehydes is 1. The van der Waals surface area contributed by atoms with Crippen LogP contribution in [0.25, 0.3) is 11.0 Å². The van der Waals surface area contributed by atoms with E-state index in [1.54, 1.807) is 19.2 Å². The maximum absolute atomic E-state index is 10.8. The second-order valence-electron chi connectivity index (χ2n) is 4.52. The number of carbonyl (C=O) groups is 1. The van der Waals surface area contributed by atoms with Gasteiger partial charge in [0.25, 0.3) is 0 Å². The minimum atomic E-state index is 0.297. The lowest BCUT2D eigenvalue weighted by atomic mass is 10.2. The number of nitrogens with zero attached hydrogens (tertiary/aromatic N) is 1. The van der Waals surface area contributed by atoms with Crippen LogP contribution in [-0.4, -0.2) is 23.4 Å². The van der Waals surface area contributed by atoms with Crippen molar-refractivity contribution in [3.05, 3.63) is 53.9 Å². The lowest BCUT2D eigenvalue weighted by molar-refractivity contribution is 0.112. The van der Waals surface area contributed by atoms with Crippen molar-refractivity contribution in [3.8, 4) is 11.5 Å². The Morgan fingerprint density at radius 3 is 2.76 bits per heavy atom. The van der Waals surface area contributed by atoms with Crippen LogP contribution >= 0.6 is 0 Å². The summed E-state index contributed by atoms with van der Waals surface area (Å²) in [5.74, 6) is 2.03. The van der Waals surface area contributed by atoms with Crippen LogP contribution < -0.4 is 9.47 Å². The van der Waals surface area contributed by atoms with Crippen LogP contribution in [-0.2, 0) is 6.61 Å². The van der Waals surface area contributed by atoms with E-state index in [2.05, 4.69) is 9.97 Å². The fourth-order valence-corrected chi connectivity index (χ4v) is 2.11. The Balaban J connectivity index is 1.80. The van der Waals surface area contributed by atoms with Gasteiger partial charge in [-0.2, -0.15) is 0 Å². The zero-order valence-electron chi connectivity index (χ0n) is 11.5. The van der Waals surface area contributed by atoms with Crippen molar-refractivity contribution in [2.45, 2.75) is 6.61 Å². The highest BCUT2D eigenvalue weighted by Crippen LogP contribution is 2.26. The van der Waals surface area contributed by atoms with Gasteiger partial charge in [0, 0.05) is 5.56 Å². The first kappa shape index (κ1) is 13.2. The van der Waals surface area contributed by atoms with Crippen LogP contribution in [0.5, 0.6) is 11.5 Å². The van der Waals surface area contributed by atoms with Gasteiger partial charge < -0.3 is 14.5 Å². The summed E-state index contributed by atoms with van der Waals surface area (Å²) in [6, 6.07) is 12.8. The first-order chi connectivity index (χ1) is 10.3. The fraction of sp³-hybridized carbons (Fsp3) is 0.125. The average Bonchev–Trinajstić information content (AvgIpc) is 2.94. The smallest absolute Gasteiger partial charge is 0.161 e. The second kappa shape index (κ2) is 5.66. The molecule has 0 saturated carbocycles. The van der Waals surface area contributed by atoms with Gasteiger partial charge in [-0.1, -0.05) is 12.1 Å². The third-order valence-electron chi connectivity index (χ3n) is 3.12. The van der Waals surface area contributed by atoms with Gasteiger partial charge in [0.15, 0.2) is 11.5 Å². The number of H-pyrrole nitrogens is 1. The van der Waals surface area contributed by atoms with E-state index >= 15 is 0 Å². The summed E-state index contributed by atoms with van der Waals surface area (Å²) in [5.41, 5.74) is 2.24. The first-order valence-electron chi connectivity index (χ1n) is 6.50. The molecule has 0 amide bonds. The van der Waals surface area contributed by atoms with E-state index < -0.39 is 0 Å². The Bertz CT molecular complexity index is 780. The molecule has 0 fully saturated rings. The Morgan fingerprint density at radius 2 is 2.00 bits per heavy atom. The highest BCUT2D eigenvalue weighted by atomic mass is 16.5. The SMILES string of the molecule is COc1ccccc1OCc1nc2ccc(C=O)cc2[nH]1. The lowest BCUT2D eigenvalue weighted by Crippen LogP contribution is -1.99. The summed E-state index contributed by atoms with van der Waals surface area (Å²) >= 11 is 0. The first-order valence-corrected chi connectivity index (χ1v) is 6.50. The molecule has 3 rings (SSSR count). The highest BCUT2D eigenvalue weighted by Gasteiger charge is 2.07. The third-order valence-corrected chi connectivity index (χ3v) is 3.12. The number of aromatic amines is 1. The predicted octanol–water partition coefficient (Wildman–Crippen LogP) is 2.96. The number of imidazole rings is 1. The van der Waals surface area contributed by atoms with E-state index in [4.69, 9.17) is 9.47 Å². The monoisotopic (exact) mass is 282 g/mol. The van der Waals surface area contributed by atoms with Crippen molar-refractivity contribution >= 4 is 17.3 Å². The number of hydrogen-bond donors (Lipinski definition) is 1. The summed E-state index contributed by atoms with van der Waals surface area (Å²) in [4.78, 5) is 18.3. The molecule has 0 saturated heterocycles. The summed E-state index contributed by atoms with van der Waals surface area (Å²) in [6.07, 6.45) is 0.811. The van der Waals surface area contributed by atoms with Gasteiger partial charge in [-0.05, 0) is 30.3 Å². The molecule has 0 atom stereocenters. The Morgan fingerprint density at radius 1 is 1.19 bits per heavy atom. The third kappa shape index (κ3) is 2.72. The largest absolute Gasteiger partial charge is 0.493 e. The normalized spacial score (nSPS) is 10.5. The van der Waals surface area contributed by atoms with Gasteiger partial charge in [-0.15, -0.1) is 0 Å². The fourth-order valence-electron chi connectivity index (χ4n) is 2.11. The molecule has 21 heavy (non-hydrogen) atoms. The Hall–Kier alpha value is -2.82. The average molecular weight is 282 g/mol. The molecule has 1 N–H and O–H groups in total. The van der Waals surface area contributed by atoms with E-state index in [-0.39, 0.29) is 0 Å². The molecule has 0 bridgehead atoms. The number of methoxy groups -OCH3 is 1. The van der Waals surface area contributed by atoms with Crippen LogP contribution in [0.15, 0.2) is 42.5 Å². The van der Waals surface area contributed by atoms with Gasteiger partial charge in [0.2, 0.25) is 0 Å². The maximum atomic E-state index is 10.8. The molecule has 2 aromatic carbocycles. The number of rotatable bonds is 5. The number of fused-ring (bicyclic) bond motifs is 1. The minimum absolute atomic E-state index is 0.297. The van der Waals surface area contributed by atoms with Crippen molar-refractivity contribution in [1.29, 1.82) is 0 Å². The van der Waals surface area contributed by atoms with Crippen LogP contribution in [0.4, 0.5) is 0 Å². The van der Waals surface area contributed by atoms with Crippen molar-refractivity contribution in [3.63, 3.8) is 0 Å². The van der Waals surface area contributed by atoms with Crippen molar-refractivity contribution in [2.24, 2.45) is 0 Å². The molecule has 5 heteroatoms. The molecular formula is C16H14N2O3. The van der Waals surface area contributed by atoms with E-state index in [1.165, 1.54) is 0 Å². The van der Waals surface area contributed by atoms with Gasteiger partial charge in [0.1, 0.15) is 18.7 Å². The van der Waals surface area contributed by atoms with E-state index in [0.29, 0.717) is 29.5 Å². The topological polar surface area (TPSA) is 64.2 Å². The summed E-state index contributed by atoms with van der Waals surface area (Å²) in [5, 5.41) is 0. The van der Waals surface area contributed by atoms with Crippen molar-refractivity contribution in [2.75, 3.05) is 7.11 Å². The quantitative estimate of drug-likeness (QED) is 0.731. The summed E-state index contributed by atoms with van der Waals surface area (Å²) in [6.45, 7) is 0.297. The van der Waals surface area contributed by atoms with Crippen LogP contribution in [0.3, 0.4) is 0 Å². The molecule has 5 nitrogen and oxygen atoms in total. The molecule has 1 heterocycles. The zero-order valence-corrected chi connectivity index (χ0v) is 11.5. The zero-order chi connectivity index (χ0) is 14.7.